The van der Waals surface area contributed by atoms with Gasteiger partial charge in [-0.05, 0) is 38.7 Å². The van der Waals surface area contributed by atoms with Crippen molar-refractivity contribution in [2.24, 2.45) is 11.7 Å². The summed E-state index contributed by atoms with van der Waals surface area (Å²) in [7, 11) is 0. The minimum atomic E-state index is 0.111. The smallest absolute Gasteiger partial charge is 0.141 e. The number of rotatable bonds is 8. The Morgan fingerprint density at radius 2 is 2.10 bits per heavy atom. The molecule has 1 aliphatic carbocycles. The zero-order chi connectivity index (χ0) is 15.2. The fraction of sp³-hybridized carbons (Fsp3) is 0.765. The molecule has 0 amide bonds. The largest absolute Gasteiger partial charge is 0.328 e. The van der Waals surface area contributed by atoms with Gasteiger partial charge >= 0.3 is 0 Å². The van der Waals surface area contributed by atoms with Gasteiger partial charge in [-0.15, -0.1) is 0 Å². The van der Waals surface area contributed by atoms with Crippen molar-refractivity contribution < 1.29 is 4.79 Å². The van der Waals surface area contributed by atoms with E-state index in [2.05, 4.69) is 9.78 Å². The molecule has 2 unspecified atom stereocenters. The molecule has 1 aromatic rings. The fourth-order valence-electron chi connectivity index (χ4n) is 3.10. The van der Waals surface area contributed by atoms with Gasteiger partial charge in [0, 0.05) is 18.2 Å². The van der Waals surface area contributed by atoms with Crippen molar-refractivity contribution in [3.8, 4) is 0 Å². The first-order valence-corrected chi connectivity index (χ1v) is 8.38. The lowest BCUT2D eigenvalue weighted by Gasteiger charge is -2.11. The van der Waals surface area contributed by atoms with Crippen molar-refractivity contribution in [1.29, 1.82) is 0 Å². The molecule has 0 radical (unpaired) electrons. The Morgan fingerprint density at radius 3 is 2.76 bits per heavy atom. The second-order valence-electron chi connectivity index (χ2n) is 6.68. The number of ketones is 1. The van der Waals surface area contributed by atoms with Crippen molar-refractivity contribution in [2.45, 2.75) is 77.3 Å². The van der Waals surface area contributed by atoms with Gasteiger partial charge in [-0.2, -0.15) is 5.10 Å². The van der Waals surface area contributed by atoms with Gasteiger partial charge in [0.15, 0.2) is 0 Å². The number of carbonyl (C=O) groups is 1. The number of nitrogens with zero attached hydrogens (tertiary/aromatic N) is 2. The van der Waals surface area contributed by atoms with E-state index in [0.717, 1.165) is 25.0 Å². The maximum absolute atomic E-state index is 12.2. The summed E-state index contributed by atoms with van der Waals surface area (Å²) in [5.41, 5.74) is 6.67. The molecule has 1 aromatic heterocycles. The molecule has 2 atom stereocenters. The summed E-state index contributed by atoms with van der Waals surface area (Å²) in [5, 5.41) is 4.60. The van der Waals surface area contributed by atoms with Crippen molar-refractivity contribution in [3.63, 3.8) is 0 Å². The highest BCUT2D eigenvalue weighted by molar-refractivity contribution is 5.82. The maximum Gasteiger partial charge on any atom is 0.141 e. The average Bonchev–Trinajstić information content (AvgIpc) is 3.07. The van der Waals surface area contributed by atoms with Gasteiger partial charge in [0.2, 0.25) is 0 Å². The molecular weight excluding hydrogens is 262 g/mol. The molecule has 0 bridgehead atoms. The van der Waals surface area contributed by atoms with E-state index >= 15 is 0 Å². The van der Waals surface area contributed by atoms with E-state index in [9.17, 15) is 4.79 Å². The summed E-state index contributed by atoms with van der Waals surface area (Å²) in [6, 6.07) is 2.79. The van der Waals surface area contributed by atoms with Gasteiger partial charge < -0.3 is 5.73 Å². The van der Waals surface area contributed by atoms with Crippen LogP contribution in [-0.2, 0) is 11.2 Å². The van der Waals surface area contributed by atoms with Gasteiger partial charge in [0.25, 0.3) is 0 Å². The maximum atomic E-state index is 12.2. The predicted octanol–water partition coefficient (Wildman–Crippen LogP) is 3.26. The first-order chi connectivity index (χ1) is 10.1. The number of carbonyl (C=O) groups excluding carboxylic acids is 1. The summed E-state index contributed by atoms with van der Waals surface area (Å²) in [4.78, 5) is 12.2. The Labute approximate surface area is 128 Å². The van der Waals surface area contributed by atoms with E-state index in [0.29, 0.717) is 18.2 Å². The molecule has 0 aromatic carbocycles. The molecule has 21 heavy (non-hydrogen) atoms. The summed E-state index contributed by atoms with van der Waals surface area (Å²) < 4.78 is 2.07. The van der Waals surface area contributed by atoms with E-state index in [4.69, 9.17) is 5.73 Å². The summed E-state index contributed by atoms with van der Waals surface area (Å²) in [6.07, 6.45) is 10.5. The molecule has 0 aliphatic heterocycles. The van der Waals surface area contributed by atoms with Crippen molar-refractivity contribution in [1.82, 2.24) is 9.78 Å². The van der Waals surface area contributed by atoms with Crippen LogP contribution in [0.1, 0.15) is 70.5 Å². The molecule has 118 valence electrons. The molecule has 0 saturated heterocycles. The van der Waals surface area contributed by atoms with Crippen LogP contribution >= 0.6 is 0 Å². The van der Waals surface area contributed by atoms with Crippen molar-refractivity contribution in [3.05, 3.63) is 18.0 Å². The van der Waals surface area contributed by atoms with Crippen LogP contribution in [-0.4, -0.2) is 21.6 Å². The first-order valence-electron chi connectivity index (χ1n) is 8.38. The van der Waals surface area contributed by atoms with Crippen LogP contribution in [0.4, 0.5) is 0 Å². The Balaban J connectivity index is 1.79. The third-order valence-electron chi connectivity index (χ3n) is 4.56. The molecule has 2 rings (SSSR count). The Morgan fingerprint density at radius 1 is 1.38 bits per heavy atom. The highest BCUT2D eigenvalue weighted by atomic mass is 16.1. The van der Waals surface area contributed by atoms with E-state index in [-0.39, 0.29) is 12.0 Å². The van der Waals surface area contributed by atoms with Crippen LogP contribution in [0, 0.1) is 5.92 Å². The second kappa shape index (κ2) is 7.74. The fourth-order valence-corrected chi connectivity index (χ4v) is 3.10. The number of aromatic nitrogens is 2. The Bertz CT molecular complexity index is 447. The minimum Gasteiger partial charge on any atom is -0.328 e. The third-order valence-corrected chi connectivity index (χ3v) is 4.56. The SMILES string of the molecule is CC(N)CCCC(C)C(=O)Cc1ccn(C2CCCC2)n1. The summed E-state index contributed by atoms with van der Waals surface area (Å²) in [5.74, 6) is 0.414. The summed E-state index contributed by atoms with van der Waals surface area (Å²) in [6.45, 7) is 4.04. The number of hydrogen-bond acceptors (Lipinski definition) is 3. The average molecular weight is 291 g/mol. The zero-order valence-electron chi connectivity index (χ0n) is 13.4. The monoisotopic (exact) mass is 291 g/mol. The van der Waals surface area contributed by atoms with Gasteiger partial charge in [0.05, 0.1) is 18.2 Å². The quantitative estimate of drug-likeness (QED) is 0.799. The molecule has 4 nitrogen and oxygen atoms in total. The topological polar surface area (TPSA) is 60.9 Å². The standard InChI is InChI=1S/C17H29N3O/c1-13(6-5-7-14(2)18)17(21)12-15-10-11-20(19-15)16-8-3-4-9-16/h10-11,13-14,16H,3-9,12,18H2,1-2H3. The van der Waals surface area contributed by atoms with E-state index in [1.165, 1.54) is 25.7 Å². The van der Waals surface area contributed by atoms with Crippen LogP contribution in [0.3, 0.4) is 0 Å². The highest BCUT2D eigenvalue weighted by Crippen LogP contribution is 2.28. The van der Waals surface area contributed by atoms with Crippen molar-refractivity contribution >= 4 is 5.78 Å². The molecular formula is C17H29N3O. The van der Waals surface area contributed by atoms with Gasteiger partial charge in [0.1, 0.15) is 5.78 Å². The van der Waals surface area contributed by atoms with Crippen LogP contribution < -0.4 is 5.73 Å². The normalized spacial score (nSPS) is 18.8. The molecule has 1 saturated carbocycles. The Kier molecular flexibility index (Phi) is 5.97. The lowest BCUT2D eigenvalue weighted by Crippen LogP contribution is -2.17. The summed E-state index contributed by atoms with van der Waals surface area (Å²) >= 11 is 0. The molecule has 4 heteroatoms. The second-order valence-corrected chi connectivity index (χ2v) is 6.68. The van der Waals surface area contributed by atoms with Crippen molar-refractivity contribution in [2.75, 3.05) is 0 Å². The lowest BCUT2D eigenvalue weighted by molar-refractivity contribution is -0.122. The number of Topliss-reactive ketones (excluding diaryl/α,β-unsaturated/α-hetero) is 1. The molecule has 1 heterocycles. The first kappa shape index (κ1) is 16.2. The predicted molar refractivity (Wildman–Crippen MR) is 85.1 cm³/mol. The molecule has 2 N–H and O–H groups in total. The van der Waals surface area contributed by atoms with Gasteiger partial charge in [-0.3, -0.25) is 9.48 Å². The van der Waals surface area contributed by atoms with Gasteiger partial charge in [-0.1, -0.05) is 26.2 Å². The van der Waals surface area contributed by atoms with Crippen LogP contribution in [0.25, 0.3) is 0 Å². The molecule has 0 spiro atoms. The number of nitrogens with two attached hydrogens (primary N) is 1. The lowest BCUT2D eigenvalue weighted by atomic mass is 9.95. The number of hydrogen-bond donors (Lipinski definition) is 1. The van der Waals surface area contributed by atoms with Gasteiger partial charge in [-0.25, -0.2) is 0 Å². The van der Waals surface area contributed by atoms with Crippen LogP contribution in [0.2, 0.25) is 0 Å². The van der Waals surface area contributed by atoms with E-state index in [1.54, 1.807) is 0 Å². The molecule has 1 aliphatic rings. The van der Waals surface area contributed by atoms with E-state index in [1.807, 2.05) is 26.1 Å². The highest BCUT2D eigenvalue weighted by Gasteiger charge is 2.19. The Hall–Kier alpha value is -1.16. The van der Waals surface area contributed by atoms with E-state index < -0.39 is 0 Å². The third kappa shape index (κ3) is 4.95. The van der Waals surface area contributed by atoms with Crippen LogP contribution in [0.15, 0.2) is 12.3 Å². The molecule has 1 fully saturated rings. The minimum absolute atomic E-state index is 0.111. The zero-order valence-corrected chi connectivity index (χ0v) is 13.4. The van der Waals surface area contributed by atoms with Crippen LogP contribution in [0.5, 0.6) is 0 Å².